The van der Waals surface area contributed by atoms with Crippen molar-refractivity contribution < 1.29 is 13.2 Å². The van der Waals surface area contributed by atoms with Gasteiger partial charge < -0.3 is 10.1 Å². The Kier molecular flexibility index (Phi) is 4.60. The Morgan fingerprint density at radius 2 is 1.86 bits per heavy atom. The number of nitrogens with one attached hydrogen (secondary N) is 2. The SMILES string of the molecule is CNc1cc(C)c(S(=O)(=O)NC2(C)CCCOC2)c(C)c1. The molecule has 0 saturated carbocycles. The number of hydrogen-bond donors (Lipinski definition) is 2. The van der Waals surface area contributed by atoms with E-state index < -0.39 is 15.6 Å². The molecule has 1 aromatic carbocycles. The molecule has 118 valence electrons. The van der Waals surface area contributed by atoms with E-state index in [2.05, 4.69) is 10.0 Å². The van der Waals surface area contributed by atoms with Gasteiger partial charge in [0.25, 0.3) is 0 Å². The molecule has 0 aliphatic carbocycles. The van der Waals surface area contributed by atoms with E-state index in [0.717, 1.165) is 29.7 Å². The number of hydrogen-bond acceptors (Lipinski definition) is 4. The standard InChI is InChI=1S/C15H24N2O3S/c1-11-8-13(16-4)9-12(2)14(11)21(18,19)17-15(3)6-5-7-20-10-15/h8-9,16-17H,5-7,10H2,1-4H3. The maximum atomic E-state index is 12.8. The first-order valence-electron chi connectivity index (χ1n) is 7.18. The first-order chi connectivity index (χ1) is 9.77. The number of aryl methyl sites for hydroxylation is 2. The van der Waals surface area contributed by atoms with Crippen LogP contribution in [0.3, 0.4) is 0 Å². The van der Waals surface area contributed by atoms with Crippen LogP contribution in [0, 0.1) is 13.8 Å². The van der Waals surface area contributed by atoms with Gasteiger partial charge in [0.05, 0.1) is 17.0 Å². The van der Waals surface area contributed by atoms with Crippen LogP contribution >= 0.6 is 0 Å². The lowest BCUT2D eigenvalue weighted by atomic mass is 9.97. The minimum Gasteiger partial charge on any atom is -0.388 e. The fraction of sp³-hybridized carbons (Fsp3) is 0.600. The predicted molar refractivity (Wildman–Crippen MR) is 84.2 cm³/mol. The molecule has 1 aliphatic heterocycles. The molecule has 2 rings (SSSR count). The summed E-state index contributed by atoms with van der Waals surface area (Å²) in [4.78, 5) is 0.369. The van der Waals surface area contributed by atoms with Gasteiger partial charge in [0.2, 0.25) is 10.0 Å². The van der Waals surface area contributed by atoms with E-state index in [1.165, 1.54) is 0 Å². The van der Waals surface area contributed by atoms with Crippen LogP contribution in [0.25, 0.3) is 0 Å². The van der Waals surface area contributed by atoms with Crippen molar-refractivity contribution in [2.75, 3.05) is 25.6 Å². The highest BCUT2D eigenvalue weighted by atomic mass is 32.2. The average Bonchev–Trinajstić information content (AvgIpc) is 2.36. The molecule has 2 N–H and O–H groups in total. The van der Waals surface area contributed by atoms with Gasteiger partial charge >= 0.3 is 0 Å². The largest absolute Gasteiger partial charge is 0.388 e. The topological polar surface area (TPSA) is 67.4 Å². The molecule has 5 nitrogen and oxygen atoms in total. The maximum absolute atomic E-state index is 12.8. The summed E-state index contributed by atoms with van der Waals surface area (Å²) in [7, 11) is -1.74. The van der Waals surface area contributed by atoms with E-state index >= 15 is 0 Å². The number of anilines is 1. The summed E-state index contributed by atoms with van der Waals surface area (Å²) < 4.78 is 33.8. The molecule has 6 heteroatoms. The van der Waals surface area contributed by atoms with E-state index in [9.17, 15) is 8.42 Å². The Morgan fingerprint density at radius 1 is 1.24 bits per heavy atom. The smallest absolute Gasteiger partial charge is 0.241 e. The lowest BCUT2D eigenvalue weighted by Gasteiger charge is -2.34. The highest BCUT2D eigenvalue weighted by Gasteiger charge is 2.34. The second-order valence-corrected chi connectivity index (χ2v) is 7.63. The average molecular weight is 312 g/mol. The van der Waals surface area contributed by atoms with E-state index in [0.29, 0.717) is 18.1 Å². The Bertz CT molecular complexity index is 597. The van der Waals surface area contributed by atoms with Gasteiger partial charge in [0, 0.05) is 19.3 Å². The molecule has 0 bridgehead atoms. The zero-order valence-electron chi connectivity index (χ0n) is 13.1. The number of sulfonamides is 1. The quantitative estimate of drug-likeness (QED) is 0.894. The second kappa shape index (κ2) is 5.94. The molecule has 1 fully saturated rings. The molecule has 0 aromatic heterocycles. The highest BCUT2D eigenvalue weighted by Crippen LogP contribution is 2.27. The van der Waals surface area contributed by atoms with Crippen LogP contribution in [0.4, 0.5) is 5.69 Å². The van der Waals surface area contributed by atoms with Crippen molar-refractivity contribution in [3.8, 4) is 0 Å². The molecule has 1 heterocycles. The van der Waals surface area contributed by atoms with Crippen molar-refractivity contribution >= 4 is 15.7 Å². The van der Waals surface area contributed by atoms with Gasteiger partial charge in [-0.1, -0.05) is 0 Å². The van der Waals surface area contributed by atoms with E-state index in [1.807, 2.05) is 40.0 Å². The van der Waals surface area contributed by atoms with Crippen LogP contribution in [0.2, 0.25) is 0 Å². The Balaban J connectivity index is 2.36. The third kappa shape index (κ3) is 3.56. The molecule has 0 radical (unpaired) electrons. The van der Waals surface area contributed by atoms with E-state index in [4.69, 9.17) is 4.74 Å². The monoisotopic (exact) mass is 312 g/mol. The molecular formula is C15H24N2O3S. The van der Waals surface area contributed by atoms with E-state index in [1.54, 1.807) is 0 Å². The summed E-state index contributed by atoms with van der Waals surface area (Å²) in [5, 5.41) is 3.04. The molecular weight excluding hydrogens is 288 g/mol. The summed E-state index contributed by atoms with van der Waals surface area (Å²) in [5.74, 6) is 0. The molecule has 1 aromatic rings. The summed E-state index contributed by atoms with van der Waals surface area (Å²) in [5.41, 5.74) is 1.87. The summed E-state index contributed by atoms with van der Waals surface area (Å²) >= 11 is 0. The van der Waals surface area contributed by atoms with Gasteiger partial charge in [0.1, 0.15) is 0 Å². The van der Waals surface area contributed by atoms with Crippen LogP contribution in [-0.2, 0) is 14.8 Å². The van der Waals surface area contributed by atoms with Crippen molar-refractivity contribution in [1.82, 2.24) is 4.72 Å². The van der Waals surface area contributed by atoms with Gasteiger partial charge in [-0.3, -0.25) is 0 Å². The van der Waals surface area contributed by atoms with E-state index in [-0.39, 0.29) is 0 Å². The zero-order chi connectivity index (χ0) is 15.7. The lowest BCUT2D eigenvalue weighted by molar-refractivity contribution is 0.0386. The van der Waals surface area contributed by atoms with Crippen LogP contribution in [0.1, 0.15) is 30.9 Å². The Labute approximate surface area is 127 Å². The summed E-state index contributed by atoms with van der Waals surface area (Å²) in [6.07, 6.45) is 1.66. The maximum Gasteiger partial charge on any atom is 0.241 e. The number of rotatable bonds is 4. The molecule has 0 spiro atoms. The second-order valence-electron chi connectivity index (χ2n) is 6.01. The lowest BCUT2D eigenvalue weighted by Crippen LogP contribution is -2.51. The van der Waals surface area contributed by atoms with Crippen molar-refractivity contribution in [1.29, 1.82) is 0 Å². The van der Waals surface area contributed by atoms with Crippen LogP contribution in [-0.4, -0.2) is 34.2 Å². The van der Waals surface area contributed by atoms with Gasteiger partial charge in [-0.2, -0.15) is 0 Å². The summed E-state index contributed by atoms with van der Waals surface area (Å²) in [6, 6.07) is 3.70. The van der Waals surface area contributed by atoms with Crippen LogP contribution in [0.15, 0.2) is 17.0 Å². The molecule has 1 aliphatic rings. The minimum absolute atomic E-state index is 0.369. The molecule has 0 amide bonds. The van der Waals surface area contributed by atoms with Gasteiger partial charge in [-0.25, -0.2) is 13.1 Å². The predicted octanol–water partition coefficient (Wildman–Crippen LogP) is 2.19. The van der Waals surface area contributed by atoms with Crippen molar-refractivity contribution in [2.24, 2.45) is 0 Å². The fourth-order valence-corrected chi connectivity index (χ4v) is 4.79. The minimum atomic E-state index is -3.56. The molecule has 1 atom stereocenters. The molecule has 1 saturated heterocycles. The van der Waals surface area contributed by atoms with Crippen LogP contribution in [0.5, 0.6) is 0 Å². The van der Waals surface area contributed by atoms with Crippen LogP contribution < -0.4 is 10.0 Å². The Morgan fingerprint density at radius 3 is 2.33 bits per heavy atom. The van der Waals surface area contributed by atoms with Crippen molar-refractivity contribution in [2.45, 2.75) is 44.0 Å². The zero-order valence-corrected chi connectivity index (χ0v) is 13.9. The molecule has 1 unspecified atom stereocenters. The number of ether oxygens (including phenoxy) is 1. The Hall–Kier alpha value is -1.11. The third-order valence-corrected chi connectivity index (χ3v) is 5.78. The summed E-state index contributed by atoms with van der Waals surface area (Å²) in [6.45, 7) is 6.66. The van der Waals surface area contributed by atoms with Gasteiger partial charge in [-0.15, -0.1) is 0 Å². The third-order valence-electron chi connectivity index (χ3n) is 3.84. The first-order valence-corrected chi connectivity index (χ1v) is 8.66. The van der Waals surface area contributed by atoms with Gasteiger partial charge in [0.15, 0.2) is 0 Å². The van der Waals surface area contributed by atoms with Crippen molar-refractivity contribution in [3.05, 3.63) is 23.3 Å². The fourth-order valence-electron chi connectivity index (χ4n) is 2.91. The highest BCUT2D eigenvalue weighted by molar-refractivity contribution is 7.89. The first kappa shape index (κ1) is 16.3. The van der Waals surface area contributed by atoms with Gasteiger partial charge in [-0.05, 0) is 56.9 Å². The molecule has 21 heavy (non-hydrogen) atoms. The number of benzene rings is 1. The normalized spacial score (nSPS) is 23.0. The van der Waals surface area contributed by atoms with Crippen molar-refractivity contribution in [3.63, 3.8) is 0 Å².